The quantitative estimate of drug-likeness (QED) is 0.792. The Kier molecular flexibility index (Phi) is 3.66. The van der Waals surface area contributed by atoms with Gasteiger partial charge in [-0.15, -0.1) is 5.10 Å². The summed E-state index contributed by atoms with van der Waals surface area (Å²) in [5.41, 5.74) is 2.67. The van der Waals surface area contributed by atoms with E-state index >= 15 is 0 Å². The zero-order chi connectivity index (χ0) is 15.0. The molecule has 1 saturated carbocycles. The van der Waals surface area contributed by atoms with Gasteiger partial charge in [0.25, 0.3) is 0 Å². The molecule has 1 aliphatic rings. The van der Waals surface area contributed by atoms with E-state index in [1.54, 1.807) is 0 Å². The minimum Gasteiger partial charge on any atom is -0.288 e. The number of rotatable bonds is 3. The van der Waals surface area contributed by atoms with Crippen molar-refractivity contribution in [1.82, 2.24) is 9.59 Å². The summed E-state index contributed by atoms with van der Waals surface area (Å²) < 4.78 is 4.01. The van der Waals surface area contributed by atoms with E-state index in [1.807, 2.05) is 18.2 Å². The first kappa shape index (κ1) is 14.4. The summed E-state index contributed by atoms with van der Waals surface area (Å²) in [6.07, 6.45) is 3.65. The molecule has 21 heavy (non-hydrogen) atoms. The van der Waals surface area contributed by atoms with Crippen molar-refractivity contribution >= 4 is 17.3 Å². The molecule has 0 aliphatic heterocycles. The fourth-order valence-corrected chi connectivity index (χ4v) is 3.56. The lowest BCUT2D eigenvalue weighted by molar-refractivity contribution is 0.103. The molecule has 1 aromatic heterocycles. The van der Waals surface area contributed by atoms with Gasteiger partial charge in [-0.05, 0) is 35.9 Å². The fraction of sp³-hybridized carbons (Fsp3) is 0.471. The number of ketones is 1. The predicted molar refractivity (Wildman–Crippen MR) is 85.1 cm³/mol. The summed E-state index contributed by atoms with van der Waals surface area (Å²) in [7, 11) is 0. The topological polar surface area (TPSA) is 42.9 Å². The van der Waals surface area contributed by atoms with Gasteiger partial charge in [-0.25, -0.2) is 0 Å². The Balaban J connectivity index is 2.02. The van der Waals surface area contributed by atoms with Crippen LogP contribution in [0.4, 0.5) is 0 Å². The molecule has 0 unspecified atom stereocenters. The Morgan fingerprint density at radius 3 is 2.57 bits per heavy atom. The van der Waals surface area contributed by atoms with Crippen molar-refractivity contribution in [3.05, 3.63) is 46.0 Å². The Morgan fingerprint density at radius 2 is 1.95 bits per heavy atom. The second-order valence-corrected chi connectivity index (χ2v) is 7.50. The first-order valence-corrected chi connectivity index (χ1v) is 8.22. The Bertz CT molecular complexity index is 665. The molecule has 0 saturated heterocycles. The van der Waals surface area contributed by atoms with Crippen molar-refractivity contribution < 1.29 is 4.79 Å². The third-order valence-electron chi connectivity index (χ3n) is 4.16. The Morgan fingerprint density at radius 1 is 1.24 bits per heavy atom. The minimum atomic E-state index is -0.163. The molecular formula is C17H20N2OS. The molecule has 110 valence electrons. The van der Waals surface area contributed by atoms with Crippen LogP contribution in [-0.2, 0) is 5.41 Å². The summed E-state index contributed by atoms with van der Waals surface area (Å²) >= 11 is 1.21. The van der Waals surface area contributed by atoms with E-state index in [1.165, 1.54) is 36.4 Å². The zero-order valence-electron chi connectivity index (χ0n) is 12.7. The van der Waals surface area contributed by atoms with E-state index in [9.17, 15) is 4.79 Å². The predicted octanol–water partition coefficient (Wildman–Crippen LogP) is 4.33. The third-order valence-corrected chi connectivity index (χ3v) is 4.88. The van der Waals surface area contributed by atoms with Gasteiger partial charge in [-0.1, -0.05) is 55.9 Å². The van der Waals surface area contributed by atoms with E-state index in [0.717, 1.165) is 11.3 Å². The first-order valence-electron chi connectivity index (χ1n) is 7.45. The van der Waals surface area contributed by atoms with Crippen LogP contribution in [0, 0.1) is 0 Å². The van der Waals surface area contributed by atoms with E-state index in [4.69, 9.17) is 0 Å². The average Bonchev–Trinajstić information content (AvgIpc) is 2.85. The zero-order valence-corrected chi connectivity index (χ0v) is 13.5. The van der Waals surface area contributed by atoms with Crippen molar-refractivity contribution in [2.24, 2.45) is 0 Å². The summed E-state index contributed by atoms with van der Waals surface area (Å²) in [6.45, 7) is 6.20. The normalized spacial score (nSPS) is 15.8. The lowest BCUT2D eigenvalue weighted by Gasteiger charge is -2.27. The highest BCUT2D eigenvalue weighted by atomic mass is 32.1. The molecule has 0 spiro atoms. The monoisotopic (exact) mass is 300 g/mol. The van der Waals surface area contributed by atoms with Crippen molar-refractivity contribution in [3.63, 3.8) is 0 Å². The van der Waals surface area contributed by atoms with Gasteiger partial charge in [0.1, 0.15) is 4.88 Å². The molecule has 3 nitrogen and oxygen atoms in total. The molecule has 1 aromatic carbocycles. The lowest BCUT2D eigenvalue weighted by atomic mass is 9.77. The van der Waals surface area contributed by atoms with Crippen LogP contribution in [0.15, 0.2) is 24.3 Å². The van der Waals surface area contributed by atoms with Crippen LogP contribution in [0.25, 0.3) is 0 Å². The summed E-state index contributed by atoms with van der Waals surface area (Å²) in [4.78, 5) is 13.7. The second-order valence-electron chi connectivity index (χ2n) is 6.74. The molecular weight excluding hydrogens is 280 g/mol. The number of hydrogen-bond donors (Lipinski definition) is 0. The molecule has 2 aromatic rings. The number of carbonyl (C=O) groups excluding carboxylic acids is 1. The van der Waals surface area contributed by atoms with Gasteiger partial charge in [0.2, 0.25) is 5.78 Å². The van der Waals surface area contributed by atoms with Crippen molar-refractivity contribution in [3.8, 4) is 0 Å². The SMILES string of the molecule is CC(C)(C)c1nnsc1C(=O)c1ccccc1C1CCC1. The van der Waals surface area contributed by atoms with E-state index in [2.05, 4.69) is 36.4 Å². The molecule has 0 N–H and O–H groups in total. The smallest absolute Gasteiger partial charge is 0.206 e. The number of hydrogen-bond acceptors (Lipinski definition) is 4. The van der Waals surface area contributed by atoms with Crippen molar-refractivity contribution in [2.75, 3.05) is 0 Å². The van der Waals surface area contributed by atoms with Gasteiger partial charge in [-0.3, -0.25) is 4.79 Å². The highest BCUT2D eigenvalue weighted by molar-refractivity contribution is 7.08. The molecule has 0 amide bonds. The lowest BCUT2D eigenvalue weighted by Crippen LogP contribution is -2.18. The maximum Gasteiger partial charge on any atom is 0.206 e. The van der Waals surface area contributed by atoms with E-state index in [0.29, 0.717) is 10.8 Å². The molecule has 3 rings (SSSR count). The van der Waals surface area contributed by atoms with Crippen LogP contribution in [0.5, 0.6) is 0 Å². The van der Waals surface area contributed by atoms with Crippen LogP contribution < -0.4 is 0 Å². The molecule has 0 radical (unpaired) electrons. The summed E-state index contributed by atoms with van der Waals surface area (Å²) in [6, 6.07) is 8.02. The van der Waals surface area contributed by atoms with E-state index < -0.39 is 0 Å². The van der Waals surface area contributed by atoms with Gasteiger partial charge in [-0.2, -0.15) is 0 Å². The van der Waals surface area contributed by atoms with Gasteiger partial charge in [0.05, 0.1) is 5.69 Å². The van der Waals surface area contributed by atoms with Gasteiger partial charge in [0, 0.05) is 11.0 Å². The maximum atomic E-state index is 13.0. The number of benzene rings is 1. The van der Waals surface area contributed by atoms with Crippen LogP contribution in [-0.4, -0.2) is 15.4 Å². The van der Waals surface area contributed by atoms with Crippen molar-refractivity contribution in [2.45, 2.75) is 51.4 Å². The molecule has 1 fully saturated rings. The number of aromatic nitrogens is 2. The summed E-state index contributed by atoms with van der Waals surface area (Å²) in [5, 5.41) is 4.19. The van der Waals surface area contributed by atoms with Crippen LogP contribution >= 0.6 is 11.5 Å². The van der Waals surface area contributed by atoms with Crippen molar-refractivity contribution in [1.29, 1.82) is 0 Å². The third kappa shape index (κ3) is 2.64. The Labute approximate surface area is 129 Å². The fourth-order valence-electron chi connectivity index (χ4n) is 2.73. The van der Waals surface area contributed by atoms with Crippen LogP contribution in [0.1, 0.15) is 72.4 Å². The molecule has 4 heteroatoms. The Hall–Kier alpha value is -1.55. The standard InChI is InChI=1S/C17H20N2OS/c1-17(2,3)16-15(21-19-18-16)14(20)13-10-5-4-9-12(13)11-7-6-8-11/h4-5,9-11H,6-8H2,1-3H3. The van der Waals surface area contributed by atoms with Gasteiger partial charge < -0.3 is 0 Å². The van der Waals surface area contributed by atoms with Crippen LogP contribution in [0.2, 0.25) is 0 Å². The van der Waals surface area contributed by atoms with Gasteiger partial charge in [0.15, 0.2) is 0 Å². The maximum absolute atomic E-state index is 13.0. The molecule has 1 aliphatic carbocycles. The average molecular weight is 300 g/mol. The molecule has 0 bridgehead atoms. The summed E-state index contributed by atoms with van der Waals surface area (Å²) in [5.74, 6) is 0.626. The highest BCUT2D eigenvalue weighted by Crippen LogP contribution is 2.39. The molecule has 1 heterocycles. The molecule has 0 atom stereocenters. The van der Waals surface area contributed by atoms with E-state index in [-0.39, 0.29) is 11.2 Å². The highest BCUT2D eigenvalue weighted by Gasteiger charge is 2.30. The number of nitrogens with zero attached hydrogens (tertiary/aromatic N) is 2. The van der Waals surface area contributed by atoms with Crippen LogP contribution in [0.3, 0.4) is 0 Å². The second kappa shape index (κ2) is 5.34. The first-order chi connectivity index (χ1) is 9.98. The minimum absolute atomic E-state index is 0.0809. The number of carbonyl (C=O) groups is 1. The van der Waals surface area contributed by atoms with Gasteiger partial charge >= 0.3 is 0 Å². The largest absolute Gasteiger partial charge is 0.288 e.